The number of hydrogen-bond donors (Lipinski definition) is 2. The van der Waals surface area contributed by atoms with Crippen LogP contribution in [0.15, 0.2) is 24.5 Å². The zero-order valence-corrected chi connectivity index (χ0v) is 11.4. The van der Waals surface area contributed by atoms with E-state index < -0.39 is 0 Å². The van der Waals surface area contributed by atoms with E-state index in [1.54, 1.807) is 12.4 Å². The van der Waals surface area contributed by atoms with Crippen LogP contribution in [0.2, 0.25) is 0 Å². The van der Waals surface area contributed by atoms with E-state index in [0.717, 1.165) is 22.6 Å². The molecule has 2 aromatic heterocycles. The highest BCUT2D eigenvalue weighted by molar-refractivity contribution is 5.58. The number of aliphatic hydroxyl groups excluding tert-OH is 1. The van der Waals surface area contributed by atoms with Crippen LogP contribution in [0.25, 0.3) is 11.4 Å². The first-order valence-electron chi connectivity index (χ1n) is 6.25. The van der Waals surface area contributed by atoms with Crippen LogP contribution in [-0.4, -0.2) is 32.7 Å². The fraction of sp³-hybridized carbons (Fsp3) is 0.357. The van der Waals surface area contributed by atoms with Gasteiger partial charge in [0.2, 0.25) is 0 Å². The summed E-state index contributed by atoms with van der Waals surface area (Å²) in [5.74, 6) is 1.40. The van der Waals surface area contributed by atoms with Crippen molar-refractivity contribution < 1.29 is 5.11 Å². The molecule has 0 radical (unpaired) electrons. The Hall–Kier alpha value is -2.01. The van der Waals surface area contributed by atoms with Crippen molar-refractivity contribution in [1.29, 1.82) is 0 Å². The topological polar surface area (TPSA) is 70.9 Å². The summed E-state index contributed by atoms with van der Waals surface area (Å²) >= 11 is 0. The summed E-state index contributed by atoms with van der Waals surface area (Å²) in [6, 6.07) is 3.74. The zero-order valence-electron chi connectivity index (χ0n) is 11.4. The van der Waals surface area contributed by atoms with Crippen LogP contribution in [-0.2, 0) is 0 Å². The van der Waals surface area contributed by atoms with Crippen LogP contribution in [0.5, 0.6) is 0 Å². The third-order valence-corrected chi connectivity index (χ3v) is 2.97. The van der Waals surface area contributed by atoms with Gasteiger partial charge in [-0.3, -0.25) is 4.98 Å². The molecule has 0 aliphatic heterocycles. The van der Waals surface area contributed by atoms with Crippen molar-refractivity contribution in [2.45, 2.75) is 26.8 Å². The first kappa shape index (κ1) is 13.4. The minimum absolute atomic E-state index is 0.0465. The molecule has 0 fully saturated rings. The molecule has 2 N–H and O–H groups in total. The van der Waals surface area contributed by atoms with E-state index in [1.807, 2.05) is 32.9 Å². The Morgan fingerprint density at radius 1 is 1.32 bits per heavy atom. The molecular weight excluding hydrogens is 240 g/mol. The molecule has 1 unspecified atom stereocenters. The van der Waals surface area contributed by atoms with Gasteiger partial charge in [-0.05, 0) is 32.9 Å². The smallest absolute Gasteiger partial charge is 0.163 e. The summed E-state index contributed by atoms with van der Waals surface area (Å²) in [6.07, 6.45) is 3.46. The predicted octanol–water partition coefficient (Wildman–Crippen LogP) is 1.95. The van der Waals surface area contributed by atoms with E-state index in [0.29, 0.717) is 5.82 Å². The third kappa shape index (κ3) is 3.06. The van der Waals surface area contributed by atoms with Gasteiger partial charge in [0.15, 0.2) is 5.82 Å². The molecule has 0 spiro atoms. The molecule has 5 nitrogen and oxygen atoms in total. The normalized spacial score (nSPS) is 12.2. The number of aliphatic hydroxyl groups is 1. The van der Waals surface area contributed by atoms with Gasteiger partial charge in [-0.25, -0.2) is 9.97 Å². The lowest BCUT2D eigenvalue weighted by Gasteiger charge is -2.15. The van der Waals surface area contributed by atoms with Gasteiger partial charge < -0.3 is 10.4 Å². The monoisotopic (exact) mass is 258 g/mol. The second kappa shape index (κ2) is 5.75. The summed E-state index contributed by atoms with van der Waals surface area (Å²) in [6.45, 7) is 5.88. The fourth-order valence-corrected chi connectivity index (χ4v) is 1.67. The van der Waals surface area contributed by atoms with Crippen molar-refractivity contribution in [1.82, 2.24) is 15.0 Å². The van der Waals surface area contributed by atoms with Gasteiger partial charge in [0, 0.05) is 35.3 Å². The number of aryl methyl sites for hydroxylation is 1. The lowest BCUT2D eigenvalue weighted by molar-refractivity contribution is 0.281. The Kier molecular flexibility index (Phi) is 4.06. The molecule has 19 heavy (non-hydrogen) atoms. The molecule has 0 saturated carbocycles. The minimum atomic E-state index is -0.0465. The molecule has 2 rings (SSSR count). The summed E-state index contributed by atoms with van der Waals surface area (Å²) in [5, 5.41) is 12.3. The van der Waals surface area contributed by atoms with Crippen molar-refractivity contribution in [2.75, 3.05) is 11.9 Å². The zero-order chi connectivity index (χ0) is 13.8. The number of pyridine rings is 1. The molecule has 2 aromatic rings. The molecule has 0 bridgehead atoms. The Labute approximate surface area is 112 Å². The van der Waals surface area contributed by atoms with Crippen molar-refractivity contribution >= 4 is 5.82 Å². The first-order valence-corrected chi connectivity index (χ1v) is 6.25. The number of aromatic nitrogens is 3. The van der Waals surface area contributed by atoms with Gasteiger partial charge in [0.1, 0.15) is 5.82 Å². The second-order valence-corrected chi connectivity index (χ2v) is 4.58. The second-order valence-electron chi connectivity index (χ2n) is 4.58. The average molecular weight is 258 g/mol. The van der Waals surface area contributed by atoms with Gasteiger partial charge in [0.25, 0.3) is 0 Å². The summed E-state index contributed by atoms with van der Waals surface area (Å²) < 4.78 is 0. The molecule has 100 valence electrons. The van der Waals surface area contributed by atoms with E-state index >= 15 is 0 Å². The van der Waals surface area contributed by atoms with Crippen molar-refractivity contribution in [2.24, 2.45) is 0 Å². The van der Waals surface area contributed by atoms with Gasteiger partial charge in [-0.1, -0.05) is 0 Å². The maximum absolute atomic E-state index is 9.13. The lowest BCUT2D eigenvalue weighted by atomic mass is 10.2. The fourth-order valence-electron chi connectivity index (χ4n) is 1.67. The number of anilines is 1. The number of nitrogens with one attached hydrogen (secondary N) is 1. The molecule has 0 amide bonds. The molecule has 1 atom stereocenters. The Morgan fingerprint density at radius 3 is 2.74 bits per heavy atom. The van der Waals surface area contributed by atoms with Crippen molar-refractivity contribution in [3.05, 3.63) is 35.8 Å². The van der Waals surface area contributed by atoms with Gasteiger partial charge in [0.05, 0.1) is 6.61 Å². The standard InChI is InChI=1S/C14H18N4O/c1-9(8-19)16-13-10(2)11(3)17-14(18-13)12-5-4-6-15-7-12/h4-7,9,19H,8H2,1-3H3,(H,16,17,18). The van der Waals surface area contributed by atoms with E-state index in [4.69, 9.17) is 5.11 Å². The van der Waals surface area contributed by atoms with Gasteiger partial charge in [-0.15, -0.1) is 0 Å². The molecule has 5 heteroatoms. The molecule has 0 aliphatic rings. The SMILES string of the molecule is Cc1nc(-c2cccnc2)nc(NC(C)CO)c1C. The van der Waals surface area contributed by atoms with Gasteiger partial charge in [-0.2, -0.15) is 0 Å². The van der Waals surface area contributed by atoms with Crippen molar-refractivity contribution in [3.8, 4) is 11.4 Å². The van der Waals surface area contributed by atoms with Crippen LogP contribution in [0, 0.1) is 13.8 Å². The third-order valence-electron chi connectivity index (χ3n) is 2.97. The number of hydrogen-bond acceptors (Lipinski definition) is 5. The maximum atomic E-state index is 9.13. The number of rotatable bonds is 4. The minimum Gasteiger partial charge on any atom is -0.394 e. The van der Waals surface area contributed by atoms with E-state index in [2.05, 4.69) is 20.3 Å². The first-order chi connectivity index (χ1) is 9.11. The molecule has 0 aliphatic carbocycles. The van der Waals surface area contributed by atoms with Crippen LogP contribution in [0.3, 0.4) is 0 Å². The Bertz CT molecular complexity index is 557. The molecular formula is C14H18N4O. The largest absolute Gasteiger partial charge is 0.394 e. The average Bonchev–Trinajstić information content (AvgIpc) is 2.44. The maximum Gasteiger partial charge on any atom is 0.163 e. The van der Waals surface area contributed by atoms with Gasteiger partial charge >= 0.3 is 0 Å². The molecule has 2 heterocycles. The summed E-state index contributed by atoms with van der Waals surface area (Å²) in [7, 11) is 0. The summed E-state index contributed by atoms with van der Waals surface area (Å²) in [5.41, 5.74) is 2.79. The molecule has 0 saturated heterocycles. The highest BCUT2D eigenvalue weighted by atomic mass is 16.3. The van der Waals surface area contributed by atoms with Crippen LogP contribution in [0.1, 0.15) is 18.2 Å². The summed E-state index contributed by atoms with van der Waals surface area (Å²) in [4.78, 5) is 13.1. The highest BCUT2D eigenvalue weighted by Crippen LogP contribution is 2.21. The quantitative estimate of drug-likeness (QED) is 0.877. The highest BCUT2D eigenvalue weighted by Gasteiger charge is 2.11. The molecule has 0 aromatic carbocycles. The van der Waals surface area contributed by atoms with Crippen molar-refractivity contribution in [3.63, 3.8) is 0 Å². The van der Waals surface area contributed by atoms with Crippen LogP contribution in [0.4, 0.5) is 5.82 Å². The van der Waals surface area contributed by atoms with E-state index in [9.17, 15) is 0 Å². The van der Waals surface area contributed by atoms with E-state index in [1.165, 1.54) is 0 Å². The van der Waals surface area contributed by atoms with E-state index in [-0.39, 0.29) is 12.6 Å². The Balaban J connectivity index is 2.42. The Morgan fingerprint density at radius 2 is 2.11 bits per heavy atom. The van der Waals surface area contributed by atoms with Crippen LogP contribution < -0.4 is 5.32 Å². The predicted molar refractivity (Wildman–Crippen MR) is 74.9 cm³/mol. The number of nitrogens with zero attached hydrogens (tertiary/aromatic N) is 3. The van der Waals surface area contributed by atoms with Crippen LogP contribution >= 0.6 is 0 Å². The lowest BCUT2D eigenvalue weighted by Crippen LogP contribution is -2.21.